The van der Waals surface area contributed by atoms with E-state index in [4.69, 9.17) is 5.73 Å². The molecule has 2 rings (SSSR count). The number of nitrogens with two attached hydrogens (primary N) is 1. The van der Waals surface area contributed by atoms with Crippen LogP contribution in [0.4, 0.5) is 5.82 Å². The number of hydrogen-bond acceptors (Lipinski definition) is 4. The predicted octanol–water partition coefficient (Wildman–Crippen LogP) is 0.453. The van der Waals surface area contributed by atoms with Crippen molar-refractivity contribution in [3.63, 3.8) is 0 Å². The highest BCUT2D eigenvalue weighted by molar-refractivity contribution is 5.13. The number of nitro groups is 1. The van der Waals surface area contributed by atoms with Crippen LogP contribution in [0.2, 0.25) is 0 Å². The summed E-state index contributed by atoms with van der Waals surface area (Å²) in [6, 6.07) is 0.544. The second-order valence-electron chi connectivity index (χ2n) is 3.32. The Bertz CT molecular complexity index is 329. The first kappa shape index (κ1) is 8.18. The summed E-state index contributed by atoms with van der Waals surface area (Å²) in [5.41, 5.74) is 5.61. The van der Waals surface area contributed by atoms with Gasteiger partial charge in [-0.1, -0.05) is 0 Å². The van der Waals surface area contributed by atoms with E-state index < -0.39 is 4.92 Å². The van der Waals surface area contributed by atoms with E-state index in [0.29, 0.717) is 6.04 Å². The third-order valence-corrected chi connectivity index (χ3v) is 2.35. The fourth-order valence-corrected chi connectivity index (χ4v) is 1.49. The second kappa shape index (κ2) is 2.81. The molecule has 0 spiro atoms. The van der Waals surface area contributed by atoms with Gasteiger partial charge in [-0.15, -0.1) is 0 Å². The van der Waals surface area contributed by atoms with Crippen molar-refractivity contribution in [1.29, 1.82) is 0 Å². The molecular formula is C7H10N4O2. The van der Waals surface area contributed by atoms with Crippen LogP contribution in [0.1, 0.15) is 18.9 Å². The van der Waals surface area contributed by atoms with E-state index in [-0.39, 0.29) is 11.9 Å². The van der Waals surface area contributed by atoms with Crippen LogP contribution >= 0.6 is 0 Å². The monoisotopic (exact) mass is 182 g/mol. The molecule has 6 heteroatoms. The Balaban J connectivity index is 2.10. The summed E-state index contributed by atoms with van der Waals surface area (Å²) in [6.45, 7) is 0. The average Bonchev–Trinajstić information content (AvgIpc) is 2.46. The number of hydrogen-bond donors (Lipinski definition) is 1. The third-order valence-electron chi connectivity index (χ3n) is 2.35. The summed E-state index contributed by atoms with van der Waals surface area (Å²) in [4.78, 5) is 13.5. The lowest BCUT2D eigenvalue weighted by atomic mass is 9.87. The molecule has 1 aliphatic carbocycles. The molecule has 0 saturated heterocycles. The van der Waals surface area contributed by atoms with E-state index in [0.717, 1.165) is 12.8 Å². The van der Waals surface area contributed by atoms with Gasteiger partial charge >= 0.3 is 5.82 Å². The molecule has 6 nitrogen and oxygen atoms in total. The van der Waals surface area contributed by atoms with Gasteiger partial charge in [0.2, 0.25) is 6.33 Å². The van der Waals surface area contributed by atoms with Crippen molar-refractivity contribution in [3.05, 3.63) is 22.6 Å². The molecule has 1 heterocycles. The first-order valence-electron chi connectivity index (χ1n) is 4.10. The average molecular weight is 182 g/mol. The highest BCUT2D eigenvalue weighted by Crippen LogP contribution is 2.31. The largest absolute Gasteiger partial charge is 0.381 e. The first-order valence-corrected chi connectivity index (χ1v) is 4.10. The highest BCUT2D eigenvalue weighted by Gasteiger charge is 2.28. The maximum absolute atomic E-state index is 10.3. The van der Waals surface area contributed by atoms with E-state index in [1.165, 1.54) is 12.5 Å². The van der Waals surface area contributed by atoms with Crippen LogP contribution in [0.25, 0.3) is 0 Å². The molecule has 0 amide bonds. The normalized spacial score (nSPS) is 26.8. The lowest BCUT2D eigenvalue weighted by Gasteiger charge is -2.32. The van der Waals surface area contributed by atoms with Crippen LogP contribution in [0, 0.1) is 10.1 Å². The van der Waals surface area contributed by atoms with Crippen LogP contribution in [-0.4, -0.2) is 20.5 Å². The quantitative estimate of drug-likeness (QED) is 0.531. The SMILES string of the molecule is N[C@H]1C[C@@H](n2cnc([N+](=O)[O-])c2)C1. The Morgan fingerprint density at radius 2 is 2.38 bits per heavy atom. The van der Waals surface area contributed by atoms with Crippen molar-refractivity contribution in [3.8, 4) is 0 Å². The molecular weight excluding hydrogens is 172 g/mol. The molecule has 1 fully saturated rings. The molecule has 13 heavy (non-hydrogen) atoms. The minimum atomic E-state index is -0.491. The van der Waals surface area contributed by atoms with E-state index >= 15 is 0 Å². The Kier molecular flexibility index (Phi) is 1.77. The van der Waals surface area contributed by atoms with Gasteiger partial charge in [0.05, 0.1) is 0 Å². The molecule has 70 valence electrons. The maximum Gasteiger partial charge on any atom is 0.381 e. The van der Waals surface area contributed by atoms with Crippen molar-refractivity contribution in [2.45, 2.75) is 24.9 Å². The number of aromatic nitrogens is 2. The van der Waals surface area contributed by atoms with Gasteiger partial charge in [0.15, 0.2) is 0 Å². The molecule has 1 aliphatic rings. The Hall–Kier alpha value is -1.43. The van der Waals surface area contributed by atoms with Crippen molar-refractivity contribution >= 4 is 5.82 Å². The number of rotatable bonds is 2. The molecule has 0 radical (unpaired) electrons. The summed E-state index contributed by atoms with van der Waals surface area (Å²) in [5, 5.41) is 10.3. The third kappa shape index (κ3) is 1.40. The van der Waals surface area contributed by atoms with Crippen LogP contribution < -0.4 is 5.73 Å². The molecule has 0 aliphatic heterocycles. The predicted molar refractivity (Wildman–Crippen MR) is 45.1 cm³/mol. The summed E-state index contributed by atoms with van der Waals surface area (Å²) in [6.07, 6.45) is 4.71. The summed E-state index contributed by atoms with van der Waals surface area (Å²) >= 11 is 0. The molecule has 0 bridgehead atoms. The molecule has 1 saturated carbocycles. The van der Waals surface area contributed by atoms with Crippen molar-refractivity contribution in [2.24, 2.45) is 5.73 Å². The number of nitrogens with zero attached hydrogens (tertiary/aromatic N) is 3. The smallest absolute Gasteiger partial charge is 0.358 e. The van der Waals surface area contributed by atoms with Gasteiger partial charge in [-0.3, -0.25) is 0 Å². The molecule has 0 aromatic carbocycles. The van der Waals surface area contributed by atoms with Crippen molar-refractivity contribution in [1.82, 2.24) is 9.55 Å². The van der Waals surface area contributed by atoms with Crippen molar-refractivity contribution in [2.75, 3.05) is 0 Å². The highest BCUT2D eigenvalue weighted by atomic mass is 16.6. The van der Waals surface area contributed by atoms with Gasteiger partial charge in [0.25, 0.3) is 0 Å². The van der Waals surface area contributed by atoms with E-state index in [1.54, 1.807) is 4.57 Å². The lowest BCUT2D eigenvalue weighted by Crippen LogP contribution is -2.37. The number of imidazole rings is 1. The van der Waals surface area contributed by atoms with Crippen LogP contribution in [0.5, 0.6) is 0 Å². The zero-order valence-electron chi connectivity index (χ0n) is 6.96. The minimum Gasteiger partial charge on any atom is -0.358 e. The molecule has 2 N–H and O–H groups in total. The van der Waals surface area contributed by atoms with E-state index in [1.807, 2.05) is 0 Å². The first-order chi connectivity index (χ1) is 6.16. The standard InChI is InChI=1S/C7H10N4O2/c8-5-1-6(2-5)10-3-7(9-4-10)11(12)13/h3-6H,1-2,8H2/t5-,6+. The van der Waals surface area contributed by atoms with Crippen LogP contribution in [-0.2, 0) is 0 Å². The molecule has 0 atom stereocenters. The molecule has 1 aromatic heterocycles. The minimum absolute atomic E-state index is 0.0968. The molecule has 1 aromatic rings. The van der Waals surface area contributed by atoms with Gasteiger partial charge < -0.3 is 20.4 Å². The lowest BCUT2D eigenvalue weighted by molar-refractivity contribution is -0.389. The van der Waals surface area contributed by atoms with Crippen LogP contribution in [0.15, 0.2) is 12.5 Å². The van der Waals surface area contributed by atoms with Gasteiger partial charge in [0.1, 0.15) is 6.20 Å². The zero-order chi connectivity index (χ0) is 9.42. The fourth-order valence-electron chi connectivity index (χ4n) is 1.49. The van der Waals surface area contributed by atoms with Gasteiger partial charge in [-0.2, -0.15) is 0 Å². The van der Waals surface area contributed by atoms with Crippen LogP contribution in [0.3, 0.4) is 0 Å². The Morgan fingerprint density at radius 1 is 1.69 bits per heavy atom. The Morgan fingerprint density at radius 3 is 2.85 bits per heavy atom. The van der Waals surface area contributed by atoms with E-state index in [9.17, 15) is 10.1 Å². The Labute approximate surface area is 74.5 Å². The summed E-state index contributed by atoms with van der Waals surface area (Å²) < 4.78 is 1.77. The topological polar surface area (TPSA) is 87.0 Å². The van der Waals surface area contributed by atoms with Gasteiger partial charge in [-0.05, 0) is 22.7 Å². The summed E-state index contributed by atoms with van der Waals surface area (Å²) in [5.74, 6) is -0.0968. The van der Waals surface area contributed by atoms with Crippen molar-refractivity contribution < 1.29 is 4.92 Å². The molecule has 0 unspecified atom stereocenters. The summed E-state index contributed by atoms with van der Waals surface area (Å²) in [7, 11) is 0. The fraction of sp³-hybridized carbons (Fsp3) is 0.571. The zero-order valence-corrected chi connectivity index (χ0v) is 6.96. The van der Waals surface area contributed by atoms with E-state index in [2.05, 4.69) is 4.98 Å². The maximum atomic E-state index is 10.3. The second-order valence-corrected chi connectivity index (χ2v) is 3.32. The van der Waals surface area contributed by atoms with Gasteiger partial charge in [0, 0.05) is 12.1 Å². The van der Waals surface area contributed by atoms with Gasteiger partial charge in [-0.25, -0.2) is 0 Å².